The molecule has 1 aliphatic rings. The van der Waals surface area contributed by atoms with E-state index in [1.807, 2.05) is 19.9 Å². The highest BCUT2D eigenvalue weighted by atomic mass is 16.6. The number of aliphatic hydroxyl groups is 2. The minimum absolute atomic E-state index is 0.00886. The van der Waals surface area contributed by atoms with E-state index in [9.17, 15) is 19.8 Å². The number of ether oxygens (including phenoxy) is 3. The predicted molar refractivity (Wildman–Crippen MR) is 120 cm³/mol. The van der Waals surface area contributed by atoms with Crippen LogP contribution in [0.1, 0.15) is 27.0 Å². The number of esters is 1. The number of fused-ring (bicyclic) bond motifs is 1. The number of anilines is 1. The third-order valence-electron chi connectivity index (χ3n) is 5.37. The summed E-state index contributed by atoms with van der Waals surface area (Å²) in [6.45, 7) is 4.52. The van der Waals surface area contributed by atoms with Gasteiger partial charge in [0.15, 0.2) is 24.0 Å². The van der Waals surface area contributed by atoms with Gasteiger partial charge in [-0.1, -0.05) is 18.2 Å². The van der Waals surface area contributed by atoms with Crippen molar-refractivity contribution in [3.8, 4) is 5.75 Å². The summed E-state index contributed by atoms with van der Waals surface area (Å²) in [5.74, 6) is 0.0881. The summed E-state index contributed by atoms with van der Waals surface area (Å²) in [5.41, 5.74) is -2.04. The van der Waals surface area contributed by atoms with Crippen molar-refractivity contribution >= 4 is 23.1 Å². The second-order valence-electron chi connectivity index (χ2n) is 8.52. The molecule has 0 unspecified atom stereocenters. The topological polar surface area (TPSA) is 161 Å². The van der Waals surface area contributed by atoms with Crippen molar-refractivity contribution in [2.45, 2.75) is 50.8 Å². The average molecular weight is 473 g/mol. The Morgan fingerprint density at radius 1 is 1.35 bits per heavy atom. The van der Waals surface area contributed by atoms with E-state index in [-0.39, 0.29) is 36.4 Å². The van der Waals surface area contributed by atoms with Crippen LogP contribution in [-0.4, -0.2) is 72.8 Å². The fourth-order valence-corrected chi connectivity index (χ4v) is 3.69. The van der Waals surface area contributed by atoms with Crippen LogP contribution in [-0.2, 0) is 14.3 Å². The van der Waals surface area contributed by atoms with Crippen molar-refractivity contribution in [3.63, 3.8) is 0 Å². The van der Waals surface area contributed by atoms with Crippen LogP contribution in [0.5, 0.6) is 5.75 Å². The van der Waals surface area contributed by atoms with Crippen LogP contribution < -0.4 is 15.6 Å². The van der Waals surface area contributed by atoms with E-state index in [1.54, 1.807) is 24.3 Å². The summed E-state index contributed by atoms with van der Waals surface area (Å²) in [7, 11) is 0. The van der Waals surface area contributed by atoms with Crippen LogP contribution in [0, 0.1) is 0 Å². The highest BCUT2D eigenvalue weighted by molar-refractivity contribution is 5.71. The molecule has 1 aromatic carbocycles. The average Bonchev–Trinajstić information content (AvgIpc) is 3.30. The molecule has 12 heteroatoms. The van der Waals surface area contributed by atoms with Crippen LogP contribution in [0.2, 0.25) is 0 Å². The van der Waals surface area contributed by atoms with E-state index < -0.39 is 35.6 Å². The molecule has 1 fully saturated rings. The van der Waals surface area contributed by atoms with Gasteiger partial charge in [-0.2, -0.15) is 4.98 Å². The Bertz CT molecular complexity index is 1210. The number of carbonyl (C=O) groups excluding carboxylic acids is 1. The molecule has 0 amide bonds. The van der Waals surface area contributed by atoms with Gasteiger partial charge in [-0.05, 0) is 32.9 Å². The minimum Gasteiger partial charge on any atom is -0.482 e. The number of rotatable bonds is 8. The Hall–Kier alpha value is -3.48. The molecule has 4 N–H and O–H groups in total. The summed E-state index contributed by atoms with van der Waals surface area (Å²) in [5, 5.41) is 24.7. The summed E-state index contributed by atoms with van der Waals surface area (Å²) < 4.78 is 17.7. The molecule has 4 rings (SSSR count). The maximum absolute atomic E-state index is 12.4. The molecule has 3 heterocycles. The zero-order chi connectivity index (χ0) is 24.5. The first-order valence-electron chi connectivity index (χ1n) is 10.8. The number of aromatic nitrogens is 4. The zero-order valence-corrected chi connectivity index (χ0v) is 19.0. The lowest BCUT2D eigenvalue weighted by Gasteiger charge is -2.27. The molecule has 0 spiro atoms. The Labute approximate surface area is 194 Å². The number of hydrogen-bond acceptors (Lipinski definition) is 10. The summed E-state index contributed by atoms with van der Waals surface area (Å²) in [4.78, 5) is 35.5. The molecular weight excluding hydrogens is 446 g/mol. The van der Waals surface area contributed by atoms with Crippen LogP contribution in [0.4, 0.5) is 5.95 Å². The smallest absolute Gasteiger partial charge is 0.344 e. The standard InChI is InChI=1S/C22H27N5O7/c1-12(2)24-21-25-18-16(19(30)26-21)23-11-27(18)20-22(3,31)17(29)14(34-20)9-33-15(28)10-32-13-7-5-4-6-8-13/h4-8,11-12,14,17,20,29,31H,9-10H2,1-3H3,(H2,24,25,26,30)/t14-,17-,20-,22-/m1/s1. The molecule has 182 valence electrons. The fourth-order valence-electron chi connectivity index (χ4n) is 3.69. The first-order valence-corrected chi connectivity index (χ1v) is 10.8. The maximum Gasteiger partial charge on any atom is 0.344 e. The largest absolute Gasteiger partial charge is 0.482 e. The molecule has 12 nitrogen and oxygen atoms in total. The number of H-pyrrole nitrogens is 1. The fraction of sp³-hybridized carbons (Fsp3) is 0.455. The van der Waals surface area contributed by atoms with Gasteiger partial charge >= 0.3 is 5.97 Å². The quantitative estimate of drug-likeness (QED) is 0.341. The second kappa shape index (κ2) is 9.41. The third-order valence-corrected chi connectivity index (χ3v) is 5.37. The lowest BCUT2D eigenvalue weighted by Crippen LogP contribution is -2.44. The van der Waals surface area contributed by atoms with E-state index in [2.05, 4.69) is 20.3 Å². The van der Waals surface area contributed by atoms with Gasteiger partial charge in [-0.25, -0.2) is 9.78 Å². The number of nitrogens with one attached hydrogen (secondary N) is 2. The number of hydrogen-bond donors (Lipinski definition) is 4. The SMILES string of the molecule is CC(C)Nc1nc2c(ncn2[C@@H]2O[C@H](COC(=O)COc3ccccc3)[C@@H](O)[C@@]2(C)O)c(=O)[nH]1. The van der Waals surface area contributed by atoms with Gasteiger partial charge < -0.3 is 29.7 Å². The van der Waals surface area contributed by atoms with E-state index in [4.69, 9.17) is 14.2 Å². The van der Waals surface area contributed by atoms with E-state index >= 15 is 0 Å². The van der Waals surface area contributed by atoms with Gasteiger partial charge in [0.1, 0.15) is 30.2 Å². The Kier molecular flexibility index (Phi) is 6.55. The predicted octanol–water partition coefficient (Wildman–Crippen LogP) is 0.571. The number of nitrogens with zero attached hydrogens (tertiary/aromatic N) is 3. The number of para-hydroxylation sites is 1. The molecule has 0 bridgehead atoms. The maximum atomic E-state index is 12.4. The van der Waals surface area contributed by atoms with Gasteiger partial charge in [0.2, 0.25) is 5.95 Å². The summed E-state index contributed by atoms with van der Waals surface area (Å²) in [6.07, 6.45) is -2.26. The molecule has 1 aliphatic heterocycles. The number of imidazole rings is 1. The van der Waals surface area contributed by atoms with Crippen LogP contribution in [0.25, 0.3) is 11.2 Å². The Balaban J connectivity index is 1.47. The first kappa shape index (κ1) is 23.7. The second-order valence-corrected chi connectivity index (χ2v) is 8.52. The monoisotopic (exact) mass is 473 g/mol. The molecule has 4 atom stereocenters. The van der Waals surface area contributed by atoms with Crippen LogP contribution >= 0.6 is 0 Å². The molecule has 0 saturated carbocycles. The first-order chi connectivity index (χ1) is 16.2. The van der Waals surface area contributed by atoms with Crippen molar-refractivity contribution in [1.29, 1.82) is 0 Å². The summed E-state index contributed by atoms with van der Waals surface area (Å²) in [6, 6.07) is 8.79. The lowest BCUT2D eigenvalue weighted by atomic mass is 9.96. The normalized spacial score (nSPS) is 24.5. The van der Waals surface area contributed by atoms with Crippen molar-refractivity contribution in [2.24, 2.45) is 0 Å². The number of aromatic amines is 1. The van der Waals surface area contributed by atoms with Gasteiger partial charge in [0.05, 0.1) is 6.33 Å². The van der Waals surface area contributed by atoms with Crippen LogP contribution in [0.15, 0.2) is 41.5 Å². The van der Waals surface area contributed by atoms with E-state index in [1.165, 1.54) is 17.8 Å². The van der Waals surface area contributed by atoms with Gasteiger partial charge in [-0.3, -0.25) is 14.3 Å². The molecule has 3 aromatic rings. The third kappa shape index (κ3) is 4.74. The zero-order valence-electron chi connectivity index (χ0n) is 19.0. The molecular formula is C22H27N5O7. The Morgan fingerprint density at radius 2 is 2.09 bits per heavy atom. The van der Waals surface area contributed by atoms with Crippen molar-refractivity contribution in [3.05, 3.63) is 47.0 Å². The number of aliphatic hydroxyl groups excluding tert-OH is 1. The number of benzene rings is 1. The van der Waals surface area contributed by atoms with E-state index in [0.717, 1.165) is 0 Å². The van der Waals surface area contributed by atoms with E-state index in [0.29, 0.717) is 5.75 Å². The van der Waals surface area contributed by atoms with Gasteiger partial charge in [0, 0.05) is 6.04 Å². The highest BCUT2D eigenvalue weighted by Crippen LogP contribution is 2.39. The highest BCUT2D eigenvalue weighted by Gasteiger charge is 2.54. The van der Waals surface area contributed by atoms with Crippen molar-refractivity contribution in [2.75, 3.05) is 18.5 Å². The number of carbonyl (C=O) groups is 1. The van der Waals surface area contributed by atoms with Crippen LogP contribution in [0.3, 0.4) is 0 Å². The lowest BCUT2D eigenvalue weighted by molar-refractivity contribution is -0.152. The molecule has 2 aromatic heterocycles. The molecule has 1 saturated heterocycles. The minimum atomic E-state index is -1.79. The molecule has 0 radical (unpaired) electrons. The molecule has 0 aliphatic carbocycles. The summed E-state index contributed by atoms with van der Waals surface area (Å²) >= 11 is 0. The van der Waals surface area contributed by atoms with Crippen molar-refractivity contribution in [1.82, 2.24) is 19.5 Å². The Morgan fingerprint density at radius 3 is 2.79 bits per heavy atom. The molecule has 34 heavy (non-hydrogen) atoms. The van der Waals surface area contributed by atoms with Gasteiger partial charge in [0.25, 0.3) is 5.56 Å². The van der Waals surface area contributed by atoms with Gasteiger partial charge in [-0.15, -0.1) is 0 Å². The van der Waals surface area contributed by atoms with Crippen molar-refractivity contribution < 1.29 is 29.2 Å².